The molecule has 0 aliphatic heterocycles. The fourth-order valence-electron chi connectivity index (χ4n) is 2.49. The van der Waals surface area contributed by atoms with Crippen LogP contribution in [-0.4, -0.2) is 26.2 Å². The minimum Gasteiger partial charge on any atom is -0.469 e. The molecule has 20 heavy (non-hydrogen) atoms. The molecule has 0 unspecified atom stereocenters. The molecule has 1 aliphatic rings. The molecule has 0 aromatic carbocycles. The second kappa shape index (κ2) is 6.32. The molecule has 5 nitrogen and oxygen atoms in total. The molecule has 0 amide bonds. The Morgan fingerprint density at radius 1 is 1.05 bits per heavy atom. The van der Waals surface area contributed by atoms with E-state index in [0.29, 0.717) is 12.8 Å². The molecule has 5 heteroatoms. The summed E-state index contributed by atoms with van der Waals surface area (Å²) in [5.41, 5.74) is 0.987. The van der Waals surface area contributed by atoms with Gasteiger partial charge in [0.2, 0.25) is 0 Å². The summed E-state index contributed by atoms with van der Waals surface area (Å²) in [4.78, 5) is 23.7. The zero-order valence-corrected chi connectivity index (χ0v) is 11.6. The van der Waals surface area contributed by atoms with Gasteiger partial charge in [-0.3, -0.25) is 9.59 Å². The highest BCUT2D eigenvalue weighted by Gasteiger charge is 2.40. The zero-order chi connectivity index (χ0) is 14.5. The lowest BCUT2D eigenvalue weighted by atomic mass is 9.81. The third kappa shape index (κ3) is 2.87. The summed E-state index contributed by atoms with van der Waals surface area (Å²) in [5.74, 6) is -1.71. The molecule has 1 aromatic rings. The molecule has 2 rings (SSSR count). The van der Waals surface area contributed by atoms with Crippen LogP contribution in [0.25, 0.3) is 5.70 Å². The van der Waals surface area contributed by atoms with Crippen molar-refractivity contribution in [2.75, 3.05) is 14.2 Å². The first kappa shape index (κ1) is 14.2. The van der Waals surface area contributed by atoms with E-state index in [1.54, 1.807) is 0 Å². The predicted molar refractivity (Wildman–Crippen MR) is 71.2 cm³/mol. The third-order valence-electron chi connectivity index (χ3n) is 3.58. The quantitative estimate of drug-likeness (QED) is 0.614. The Labute approximate surface area is 117 Å². The molecule has 1 aliphatic carbocycles. The lowest BCUT2D eigenvalue weighted by Crippen LogP contribution is -2.40. The van der Waals surface area contributed by atoms with E-state index in [9.17, 15) is 9.59 Å². The smallest absolute Gasteiger partial charge is 0.310 e. The number of ether oxygens (including phenoxy) is 2. The third-order valence-corrected chi connectivity index (χ3v) is 3.58. The summed E-state index contributed by atoms with van der Waals surface area (Å²) >= 11 is 0. The summed E-state index contributed by atoms with van der Waals surface area (Å²) in [5, 5.41) is 0. The van der Waals surface area contributed by atoms with Crippen molar-refractivity contribution < 1.29 is 23.6 Å². The maximum absolute atomic E-state index is 11.9. The van der Waals surface area contributed by atoms with Crippen LogP contribution in [0.1, 0.15) is 12.8 Å². The Balaban J connectivity index is 2.27. The molecule has 0 spiro atoms. The van der Waals surface area contributed by atoms with Crippen LogP contribution in [0.2, 0.25) is 0 Å². The van der Waals surface area contributed by atoms with Crippen molar-refractivity contribution in [1.29, 1.82) is 0 Å². The number of pyridine rings is 1. The average Bonchev–Trinajstić information content (AvgIpc) is 2.53. The number of hydrogen-bond acceptors (Lipinski definition) is 4. The Hall–Kier alpha value is -2.17. The number of methoxy groups -OCH3 is 2. The van der Waals surface area contributed by atoms with Crippen LogP contribution in [0, 0.1) is 11.8 Å². The highest BCUT2D eigenvalue weighted by atomic mass is 16.5. The van der Waals surface area contributed by atoms with Crippen molar-refractivity contribution in [3.05, 3.63) is 36.7 Å². The molecule has 106 valence electrons. The Bertz CT molecular complexity index is 524. The van der Waals surface area contributed by atoms with Gasteiger partial charge in [0.05, 0.1) is 26.1 Å². The van der Waals surface area contributed by atoms with Crippen molar-refractivity contribution in [3.63, 3.8) is 0 Å². The van der Waals surface area contributed by atoms with Gasteiger partial charge >= 0.3 is 11.9 Å². The SMILES string of the molecule is COC(=O)[C@H]1CC([n+]2ccccc2)=CC[C@H]1C(=O)OC. The minimum absolute atomic E-state index is 0.367. The Morgan fingerprint density at radius 2 is 1.65 bits per heavy atom. The average molecular weight is 276 g/mol. The fraction of sp³-hybridized carbons (Fsp3) is 0.400. The van der Waals surface area contributed by atoms with E-state index in [2.05, 4.69) is 0 Å². The molecule has 0 radical (unpaired) electrons. The monoisotopic (exact) mass is 276 g/mol. The second-order valence-corrected chi connectivity index (χ2v) is 4.68. The standard InChI is InChI=1S/C15H18NO4/c1-19-14(17)12-7-6-11(10-13(12)15(18)20-2)16-8-4-3-5-9-16/h3-6,8-9,12-13H,7,10H2,1-2H3/q+1/t12-,13+/m1/s1. The summed E-state index contributed by atoms with van der Waals surface area (Å²) in [6.45, 7) is 0. The van der Waals surface area contributed by atoms with Crippen molar-refractivity contribution in [2.24, 2.45) is 11.8 Å². The maximum atomic E-state index is 11.9. The topological polar surface area (TPSA) is 56.5 Å². The van der Waals surface area contributed by atoms with Crippen molar-refractivity contribution >= 4 is 17.6 Å². The van der Waals surface area contributed by atoms with Gasteiger partial charge in [0.25, 0.3) is 0 Å². The van der Waals surface area contributed by atoms with Crippen molar-refractivity contribution in [3.8, 4) is 0 Å². The van der Waals surface area contributed by atoms with Gasteiger partial charge < -0.3 is 9.47 Å². The molecule has 1 heterocycles. The van der Waals surface area contributed by atoms with Crippen molar-refractivity contribution in [2.45, 2.75) is 12.8 Å². The van der Waals surface area contributed by atoms with Crippen LogP contribution in [0.5, 0.6) is 0 Å². The van der Waals surface area contributed by atoms with E-state index in [0.717, 1.165) is 5.70 Å². The van der Waals surface area contributed by atoms with Gasteiger partial charge in [-0.05, 0) is 12.5 Å². The molecular formula is C15H18NO4+. The molecule has 0 fully saturated rings. The van der Waals surface area contributed by atoms with Gasteiger partial charge in [-0.1, -0.05) is 6.07 Å². The van der Waals surface area contributed by atoms with Crippen LogP contribution in [-0.2, 0) is 19.1 Å². The highest BCUT2D eigenvalue weighted by molar-refractivity contribution is 5.83. The highest BCUT2D eigenvalue weighted by Crippen LogP contribution is 2.31. The summed E-state index contributed by atoms with van der Waals surface area (Å²) < 4.78 is 11.5. The second-order valence-electron chi connectivity index (χ2n) is 4.68. The van der Waals surface area contributed by atoms with E-state index in [1.807, 2.05) is 41.2 Å². The van der Waals surface area contributed by atoms with Gasteiger partial charge in [0.1, 0.15) is 0 Å². The number of aromatic nitrogens is 1. The molecule has 1 aromatic heterocycles. The van der Waals surface area contributed by atoms with Crippen molar-refractivity contribution in [1.82, 2.24) is 0 Å². The predicted octanol–water partition coefficient (Wildman–Crippen LogP) is 1.19. The number of rotatable bonds is 3. The van der Waals surface area contributed by atoms with Crippen LogP contribution in [0.4, 0.5) is 0 Å². The van der Waals surface area contributed by atoms with Gasteiger partial charge in [-0.2, -0.15) is 4.57 Å². The number of esters is 2. The number of nitrogens with zero attached hydrogens (tertiary/aromatic N) is 1. The lowest BCUT2D eigenvalue weighted by Gasteiger charge is -2.25. The van der Waals surface area contributed by atoms with Crippen LogP contribution >= 0.6 is 0 Å². The molecule has 2 atom stereocenters. The van der Waals surface area contributed by atoms with Gasteiger partial charge in [0.15, 0.2) is 18.1 Å². The largest absolute Gasteiger partial charge is 0.469 e. The van der Waals surface area contributed by atoms with Gasteiger partial charge in [0, 0.05) is 18.6 Å². The van der Waals surface area contributed by atoms with Crippen LogP contribution < -0.4 is 4.57 Å². The summed E-state index contributed by atoms with van der Waals surface area (Å²) in [7, 11) is 2.67. The maximum Gasteiger partial charge on any atom is 0.310 e. The molecule has 0 N–H and O–H groups in total. The number of allylic oxidation sites excluding steroid dienone is 2. The number of carbonyl (C=O) groups excluding carboxylic acids is 2. The number of carbonyl (C=O) groups is 2. The summed E-state index contributed by atoms with van der Waals surface area (Å²) in [6.07, 6.45) is 6.74. The first-order valence-corrected chi connectivity index (χ1v) is 6.48. The number of hydrogen-bond donors (Lipinski definition) is 0. The Morgan fingerprint density at radius 3 is 2.25 bits per heavy atom. The van der Waals surface area contributed by atoms with Gasteiger partial charge in [-0.15, -0.1) is 0 Å². The lowest BCUT2D eigenvalue weighted by molar-refractivity contribution is -0.584. The van der Waals surface area contributed by atoms with Crippen LogP contribution in [0.3, 0.4) is 0 Å². The normalized spacial score (nSPS) is 21.8. The van der Waals surface area contributed by atoms with E-state index in [-0.39, 0.29) is 11.9 Å². The first-order valence-electron chi connectivity index (χ1n) is 6.48. The Kier molecular flexibility index (Phi) is 4.50. The van der Waals surface area contributed by atoms with E-state index >= 15 is 0 Å². The molecule has 0 saturated carbocycles. The summed E-state index contributed by atoms with van der Waals surface area (Å²) in [6, 6.07) is 5.76. The van der Waals surface area contributed by atoms with E-state index < -0.39 is 11.8 Å². The fourth-order valence-corrected chi connectivity index (χ4v) is 2.49. The minimum atomic E-state index is -0.500. The van der Waals surface area contributed by atoms with E-state index in [4.69, 9.17) is 9.47 Å². The zero-order valence-electron chi connectivity index (χ0n) is 11.6. The molecular weight excluding hydrogens is 258 g/mol. The van der Waals surface area contributed by atoms with E-state index in [1.165, 1.54) is 14.2 Å². The van der Waals surface area contributed by atoms with Gasteiger partial charge in [-0.25, -0.2) is 0 Å². The first-order chi connectivity index (χ1) is 9.67. The molecule has 0 bridgehead atoms. The van der Waals surface area contributed by atoms with Crippen LogP contribution in [0.15, 0.2) is 36.7 Å². The molecule has 0 saturated heterocycles.